The van der Waals surface area contributed by atoms with E-state index in [9.17, 15) is 9.59 Å². The molecule has 0 saturated heterocycles. The van der Waals surface area contributed by atoms with Crippen molar-refractivity contribution in [1.29, 1.82) is 0 Å². The maximum absolute atomic E-state index is 11.4. The molecule has 6 nitrogen and oxygen atoms in total. The first kappa shape index (κ1) is 11.3. The van der Waals surface area contributed by atoms with Crippen LogP contribution in [0.2, 0.25) is 0 Å². The monoisotopic (exact) mass is 226 g/mol. The first-order valence-electron chi connectivity index (χ1n) is 4.23. The number of H-pyrrole nitrogens is 1. The zero-order valence-corrected chi connectivity index (χ0v) is 8.85. The van der Waals surface area contributed by atoms with Gasteiger partial charge in [0.1, 0.15) is 5.56 Å². The van der Waals surface area contributed by atoms with Crippen LogP contribution in [0.25, 0.3) is 0 Å². The van der Waals surface area contributed by atoms with Crippen molar-refractivity contribution in [2.75, 3.05) is 5.32 Å². The molecule has 7 heteroatoms. The molecule has 0 spiro atoms. The van der Waals surface area contributed by atoms with Crippen molar-refractivity contribution >= 4 is 29.1 Å². The van der Waals surface area contributed by atoms with Gasteiger partial charge < -0.3 is 11.1 Å². The topological polar surface area (TPSA) is 101 Å². The van der Waals surface area contributed by atoms with Crippen molar-refractivity contribution in [3.8, 4) is 0 Å². The van der Waals surface area contributed by atoms with Gasteiger partial charge in [-0.05, 0) is 12.2 Å². The second kappa shape index (κ2) is 4.65. The molecule has 0 bridgehead atoms. The molecule has 0 saturated carbocycles. The van der Waals surface area contributed by atoms with E-state index in [-0.39, 0.29) is 28.8 Å². The van der Waals surface area contributed by atoms with Crippen molar-refractivity contribution in [2.24, 2.45) is 5.73 Å². The van der Waals surface area contributed by atoms with E-state index in [2.05, 4.69) is 27.5 Å². The zero-order chi connectivity index (χ0) is 11.4. The maximum Gasteiger partial charge on any atom is 0.263 e. The van der Waals surface area contributed by atoms with E-state index in [0.29, 0.717) is 0 Å². The molecule has 1 heterocycles. The summed E-state index contributed by atoms with van der Waals surface area (Å²) in [7, 11) is 0. The number of nitrogens with zero attached hydrogens (tertiary/aromatic N) is 1. The molecular weight excluding hydrogens is 216 g/mol. The van der Waals surface area contributed by atoms with Gasteiger partial charge in [-0.25, -0.2) is 4.98 Å². The summed E-state index contributed by atoms with van der Waals surface area (Å²) in [6, 6.07) is 0. The lowest BCUT2D eigenvalue weighted by molar-refractivity contribution is 0.0986. The molecule has 0 fully saturated rings. The predicted molar refractivity (Wildman–Crippen MR) is 59.9 cm³/mol. The molecule has 1 aromatic heterocycles. The molecule has 1 rings (SSSR count). The smallest absolute Gasteiger partial charge is 0.263 e. The van der Waals surface area contributed by atoms with Crippen LogP contribution in [0.3, 0.4) is 0 Å². The Balaban J connectivity index is 3.03. The highest BCUT2D eigenvalue weighted by atomic mass is 32.1. The van der Waals surface area contributed by atoms with Crippen molar-refractivity contribution in [3.63, 3.8) is 0 Å². The minimum Gasteiger partial charge on any atom is -0.376 e. The lowest BCUT2D eigenvalue weighted by Crippen LogP contribution is -2.25. The molecule has 0 unspecified atom stereocenters. The Morgan fingerprint density at radius 2 is 2.40 bits per heavy atom. The summed E-state index contributed by atoms with van der Waals surface area (Å²) in [5, 5.41) is 2.45. The Kier molecular flexibility index (Phi) is 3.51. The minimum atomic E-state index is -0.504. The van der Waals surface area contributed by atoms with E-state index in [1.165, 1.54) is 6.20 Å². The van der Waals surface area contributed by atoms with E-state index < -0.39 is 5.56 Å². The predicted octanol–water partition coefficient (Wildman–Crippen LogP) is 0.0181. The van der Waals surface area contributed by atoms with Gasteiger partial charge in [0.15, 0.2) is 10.9 Å². The number of ketones is 1. The van der Waals surface area contributed by atoms with Crippen LogP contribution in [0.4, 0.5) is 5.95 Å². The van der Waals surface area contributed by atoms with E-state index in [1.807, 2.05) is 0 Å². The average molecular weight is 226 g/mol. The average Bonchev–Trinajstić information content (AvgIpc) is 2.16. The van der Waals surface area contributed by atoms with E-state index in [4.69, 9.17) is 5.73 Å². The summed E-state index contributed by atoms with van der Waals surface area (Å²) in [5.41, 5.74) is 4.72. The summed E-state index contributed by atoms with van der Waals surface area (Å²) in [6.45, 7) is 1.67. The maximum atomic E-state index is 11.4. The van der Waals surface area contributed by atoms with E-state index in [0.717, 1.165) is 0 Å². The van der Waals surface area contributed by atoms with Gasteiger partial charge in [-0.3, -0.25) is 14.6 Å². The molecule has 15 heavy (non-hydrogen) atoms. The van der Waals surface area contributed by atoms with Crippen LogP contribution in [0.1, 0.15) is 23.7 Å². The molecule has 80 valence electrons. The molecule has 0 aliphatic heterocycles. The van der Waals surface area contributed by atoms with Gasteiger partial charge in [-0.2, -0.15) is 0 Å². The number of aromatic amines is 1. The van der Waals surface area contributed by atoms with Crippen LogP contribution in [0, 0.1) is 0 Å². The lowest BCUT2D eigenvalue weighted by atomic mass is 10.2. The Morgan fingerprint density at radius 1 is 1.73 bits per heavy atom. The highest BCUT2D eigenvalue weighted by Crippen LogP contribution is 1.97. The number of Topliss-reactive ketones (excluding diaryl/α,β-unsaturated/α-hetero) is 1. The molecule has 0 radical (unpaired) electrons. The summed E-state index contributed by atoms with van der Waals surface area (Å²) in [6.07, 6.45) is 1.46. The van der Waals surface area contributed by atoms with Crippen molar-refractivity contribution in [1.82, 2.24) is 9.97 Å². The summed E-state index contributed by atoms with van der Waals surface area (Å²) < 4.78 is 0. The van der Waals surface area contributed by atoms with Crippen LogP contribution >= 0.6 is 12.2 Å². The quantitative estimate of drug-likeness (QED) is 0.496. The SMILES string of the molecule is CCC(=O)c1cnc(NC(N)=S)[nH]c1=O. The normalized spacial score (nSPS) is 9.67. The van der Waals surface area contributed by atoms with E-state index in [1.54, 1.807) is 6.92 Å². The third kappa shape index (κ3) is 2.84. The highest BCUT2D eigenvalue weighted by molar-refractivity contribution is 7.80. The molecule has 0 amide bonds. The number of aromatic nitrogens is 2. The fourth-order valence-electron chi connectivity index (χ4n) is 0.964. The third-order valence-electron chi connectivity index (χ3n) is 1.66. The fraction of sp³-hybridized carbons (Fsp3) is 0.250. The highest BCUT2D eigenvalue weighted by Gasteiger charge is 2.09. The van der Waals surface area contributed by atoms with Crippen LogP contribution in [-0.4, -0.2) is 20.9 Å². The number of hydrogen-bond donors (Lipinski definition) is 3. The van der Waals surface area contributed by atoms with Crippen molar-refractivity contribution < 1.29 is 4.79 Å². The van der Waals surface area contributed by atoms with Gasteiger partial charge in [-0.1, -0.05) is 6.92 Å². The van der Waals surface area contributed by atoms with Gasteiger partial charge in [0.25, 0.3) is 5.56 Å². The van der Waals surface area contributed by atoms with Crippen LogP contribution in [0.15, 0.2) is 11.0 Å². The fourth-order valence-corrected chi connectivity index (χ4v) is 1.06. The van der Waals surface area contributed by atoms with Gasteiger partial charge in [0.05, 0.1) is 0 Å². The molecule has 0 aliphatic rings. The number of anilines is 1. The number of carbonyl (C=O) groups excluding carboxylic acids is 1. The standard InChI is InChI=1S/C8H10N4O2S/c1-2-5(13)4-3-10-8(11-6(4)14)12-7(9)15/h3H,2H2,1H3,(H4,9,10,11,12,14,15). The number of hydrogen-bond acceptors (Lipinski definition) is 4. The zero-order valence-electron chi connectivity index (χ0n) is 8.03. The minimum absolute atomic E-state index is 0.00674. The Morgan fingerprint density at radius 3 is 2.87 bits per heavy atom. The third-order valence-corrected chi connectivity index (χ3v) is 1.76. The van der Waals surface area contributed by atoms with Crippen LogP contribution in [-0.2, 0) is 0 Å². The van der Waals surface area contributed by atoms with Crippen molar-refractivity contribution in [2.45, 2.75) is 13.3 Å². The second-order valence-electron chi connectivity index (χ2n) is 2.74. The number of carbonyl (C=O) groups is 1. The molecule has 0 aromatic carbocycles. The number of thiocarbonyl (C=S) groups is 1. The number of rotatable bonds is 3. The molecule has 0 atom stereocenters. The first-order chi connectivity index (χ1) is 7.04. The summed E-state index contributed by atoms with van der Waals surface area (Å²) >= 11 is 4.57. The molecule has 4 N–H and O–H groups in total. The summed E-state index contributed by atoms with van der Waals surface area (Å²) in [5.74, 6) is -0.134. The Bertz CT molecular complexity index is 454. The van der Waals surface area contributed by atoms with Gasteiger partial charge in [0, 0.05) is 12.6 Å². The van der Waals surface area contributed by atoms with Gasteiger partial charge >= 0.3 is 0 Å². The first-order valence-corrected chi connectivity index (χ1v) is 4.64. The van der Waals surface area contributed by atoms with Crippen molar-refractivity contribution in [3.05, 3.63) is 22.1 Å². The second-order valence-corrected chi connectivity index (χ2v) is 3.18. The van der Waals surface area contributed by atoms with Gasteiger partial charge in [0.2, 0.25) is 5.95 Å². The summed E-state index contributed by atoms with van der Waals surface area (Å²) in [4.78, 5) is 28.8. The molecular formula is C8H10N4O2S. The Hall–Kier alpha value is -1.76. The number of nitrogens with one attached hydrogen (secondary N) is 2. The van der Waals surface area contributed by atoms with Gasteiger partial charge in [-0.15, -0.1) is 0 Å². The molecule has 1 aromatic rings. The van der Waals surface area contributed by atoms with E-state index >= 15 is 0 Å². The number of nitrogens with two attached hydrogens (primary N) is 1. The van der Waals surface area contributed by atoms with Crippen LogP contribution in [0.5, 0.6) is 0 Å². The lowest BCUT2D eigenvalue weighted by Gasteiger charge is -2.02. The van der Waals surface area contributed by atoms with Crippen LogP contribution < -0.4 is 16.6 Å². The molecule has 0 aliphatic carbocycles. The largest absolute Gasteiger partial charge is 0.376 e. The Labute approximate surface area is 90.9 Å².